The fourth-order valence-electron chi connectivity index (χ4n) is 2.47. The summed E-state index contributed by atoms with van der Waals surface area (Å²) in [6.07, 6.45) is -4.96. The molecule has 0 bridgehead atoms. The van der Waals surface area contributed by atoms with E-state index in [2.05, 4.69) is 0 Å². The molecule has 3 N–H and O–H groups in total. The molecule has 0 spiro atoms. The van der Waals surface area contributed by atoms with Crippen LogP contribution in [0.1, 0.15) is 40.9 Å². The first-order valence-electron chi connectivity index (χ1n) is 8.13. The number of phenolic OH excluding ortho intramolecular Hbond substituents is 1. The van der Waals surface area contributed by atoms with Gasteiger partial charge in [-0.25, -0.2) is 4.39 Å². The number of Topliss-reactive ketones (excluding diaryl/α,β-unsaturated/α-hetero) is 1. The molecule has 0 saturated heterocycles. The average Bonchev–Trinajstić information content (AvgIpc) is 2.58. The highest BCUT2D eigenvalue weighted by Crippen LogP contribution is 2.44. The van der Waals surface area contributed by atoms with E-state index in [9.17, 15) is 27.5 Å². The number of nitrogens with two attached hydrogens (primary N) is 1. The molecule has 2 aromatic rings. The van der Waals surface area contributed by atoms with Gasteiger partial charge in [-0.1, -0.05) is 26.0 Å². The second-order valence-corrected chi connectivity index (χ2v) is 6.27. The van der Waals surface area contributed by atoms with Gasteiger partial charge in [0.2, 0.25) is 0 Å². The van der Waals surface area contributed by atoms with E-state index in [0.717, 1.165) is 12.1 Å². The highest BCUT2D eigenvalue weighted by Gasteiger charge is 2.40. The molecule has 4 nitrogen and oxygen atoms in total. The summed E-state index contributed by atoms with van der Waals surface area (Å²) in [5, 5.41) is 10.0. The normalized spacial score (nSPS) is 11.7. The van der Waals surface area contributed by atoms with Crippen LogP contribution in [0.2, 0.25) is 0 Å². The summed E-state index contributed by atoms with van der Waals surface area (Å²) < 4.78 is 59.3. The van der Waals surface area contributed by atoms with Crippen molar-refractivity contribution in [3.8, 4) is 11.5 Å². The van der Waals surface area contributed by atoms with Crippen molar-refractivity contribution in [2.45, 2.75) is 33.2 Å². The minimum Gasteiger partial charge on any atom is -0.506 e. The maximum Gasteiger partial charge on any atom is 0.423 e. The Hall–Kier alpha value is -2.61. The van der Waals surface area contributed by atoms with E-state index in [1.807, 2.05) is 0 Å². The van der Waals surface area contributed by atoms with Gasteiger partial charge in [0.25, 0.3) is 0 Å². The van der Waals surface area contributed by atoms with Crippen molar-refractivity contribution in [3.63, 3.8) is 0 Å². The smallest absolute Gasteiger partial charge is 0.423 e. The van der Waals surface area contributed by atoms with Crippen LogP contribution in [-0.2, 0) is 19.3 Å². The maximum absolute atomic E-state index is 14.0. The van der Waals surface area contributed by atoms with Crippen molar-refractivity contribution in [2.24, 2.45) is 11.7 Å². The average molecular weight is 385 g/mol. The summed E-state index contributed by atoms with van der Waals surface area (Å²) in [6, 6.07) is 6.08. The Labute approximate surface area is 153 Å². The number of phenols is 1. The number of benzene rings is 2. The predicted molar refractivity (Wildman–Crippen MR) is 90.9 cm³/mol. The van der Waals surface area contributed by atoms with Crippen molar-refractivity contribution >= 4 is 5.78 Å². The third kappa shape index (κ3) is 4.57. The first kappa shape index (κ1) is 20.7. The Bertz CT molecular complexity index is 848. The van der Waals surface area contributed by atoms with Crippen molar-refractivity contribution in [3.05, 3.63) is 58.4 Å². The topological polar surface area (TPSA) is 72.5 Å². The van der Waals surface area contributed by atoms with Crippen LogP contribution in [0.4, 0.5) is 17.6 Å². The lowest BCUT2D eigenvalue weighted by molar-refractivity contribution is -0.140. The first-order valence-corrected chi connectivity index (χ1v) is 8.13. The van der Waals surface area contributed by atoms with E-state index in [-0.39, 0.29) is 12.1 Å². The molecule has 0 radical (unpaired) electrons. The summed E-state index contributed by atoms with van der Waals surface area (Å²) in [7, 11) is 0. The molecule has 0 aliphatic heterocycles. The van der Waals surface area contributed by atoms with Crippen molar-refractivity contribution in [2.75, 3.05) is 0 Å². The molecule has 0 amide bonds. The molecule has 0 unspecified atom stereocenters. The van der Waals surface area contributed by atoms with Crippen LogP contribution in [0.5, 0.6) is 11.5 Å². The Balaban J connectivity index is 2.39. The highest BCUT2D eigenvalue weighted by molar-refractivity contribution is 6.00. The molecule has 0 saturated carbocycles. The molecule has 0 atom stereocenters. The maximum atomic E-state index is 14.0. The van der Waals surface area contributed by atoms with Gasteiger partial charge in [-0.3, -0.25) is 4.79 Å². The SMILES string of the molecule is CC(C)C(=O)c1ccc(OCc2ccc(CN)cc2F)c(C(F)(F)F)c1O. The highest BCUT2D eigenvalue weighted by atomic mass is 19.4. The number of aromatic hydroxyl groups is 1. The van der Waals surface area contributed by atoms with Crippen LogP contribution in [-0.4, -0.2) is 10.9 Å². The molecule has 2 aromatic carbocycles. The summed E-state index contributed by atoms with van der Waals surface area (Å²) in [6.45, 7) is 2.65. The van der Waals surface area contributed by atoms with E-state index in [1.54, 1.807) is 0 Å². The van der Waals surface area contributed by atoms with E-state index in [4.69, 9.17) is 10.5 Å². The monoisotopic (exact) mass is 385 g/mol. The van der Waals surface area contributed by atoms with Gasteiger partial charge >= 0.3 is 6.18 Å². The zero-order chi connectivity index (χ0) is 20.4. The van der Waals surface area contributed by atoms with E-state index in [1.165, 1.54) is 32.0 Å². The minimum atomic E-state index is -4.96. The van der Waals surface area contributed by atoms with Gasteiger partial charge in [-0.05, 0) is 23.8 Å². The van der Waals surface area contributed by atoms with Gasteiger partial charge in [0.1, 0.15) is 29.5 Å². The fourth-order valence-corrected chi connectivity index (χ4v) is 2.47. The van der Waals surface area contributed by atoms with Gasteiger partial charge < -0.3 is 15.6 Å². The number of carbonyl (C=O) groups is 1. The molecular formula is C19H19F4NO3. The standard InChI is InChI=1S/C19H19F4NO3/c1-10(2)17(25)13-5-6-15(16(18(13)26)19(21,22)23)27-9-12-4-3-11(8-24)7-14(12)20/h3-7,10,26H,8-9,24H2,1-2H3. The molecule has 27 heavy (non-hydrogen) atoms. The molecule has 0 aromatic heterocycles. The Morgan fingerprint density at radius 3 is 2.41 bits per heavy atom. The lowest BCUT2D eigenvalue weighted by atomic mass is 9.97. The van der Waals surface area contributed by atoms with E-state index in [0.29, 0.717) is 5.56 Å². The number of ketones is 1. The number of rotatable bonds is 6. The van der Waals surface area contributed by atoms with Gasteiger partial charge in [0.05, 0.1) is 5.56 Å². The Morgan fingerprint density at radius 2 is 1.89 bits per heavy atom. The van der Waals surface area contributed by atoms with Crippen molar-refractivity contribution in [1.82, 2.24) is 0 Å². The van der Waals surface area contributed by atoms with Crippen LogP contribution in [0.3, 0.4) is 0 Å². The summed E-state index contributed by atoms with van der Waals surface area (Å²) in [5.74, 6) is -3.78. The summed E-state index contributed by atoms with van der Waals surface area (Å²) >= 11 is 0. The number of hydrogen-bond acceptors (Lipinski definition) is 4. The Kier molecular flexibility index (Phi) is 6.10. The molecule has 0 fully saturated rings. The summed E-state index contributed by atoms with van der Waals surface area (Å²) in [4.78, 5) is 12.0. The number of ether oxygens (including phenoxy) is 1. The van der Waals surface area contributed by atoms with Gasteiger partial charge in [0, 0.05) is 18.0 Å². The van der Waals surface area contributed by atoms with Crippen LogP contribution in [0, 0.1) is 11.7 Å². The van der Waals surface area contributed by atoms with Crippen LogP contribution >= 0.6 is 0 Å². The van der Waals surface area contributed by atoms with Gasteiger partial charge in [-0.2, -0.15) is 13.2 Å². The molecule has 2 rings (SSSR count). The zero-order valence-corrected chi connectivity index (χ0v) is 14.7. The fraction of sp³-hybridized carbons (Fsp3) is 0.316. The van der Waals surface area contributed by atoms with Crippen molar-refractivity contribution < 1.29 is 32.2 Å². The molecule has 0 aliphatic rings. The zero-order valence-electron chi connectivity index (χ0n) is 14.7. The molecular weight excluding hydrogens is 366 g/mol. The molecule has 146 valence electrons. The third-order valence-electron chi connectivity index (χ3n) is 3.95. The molecule has 0 heterocycles. The number of hydrogen-bond donors (Lipinski definition) is 2. The molecule has 8 heteroatoms. The van der Waals surface area contributed by atoms with E-state index >= 15 is 0 Å². The number of alkyl halides is 3. The number of halogens is 4. The predicted octanol–water partition coefficient (Wildman–Crippen LogP) is 4.43. The first-order chi connectivity index (χ1) is 12.6. The van der Waals surface area contributed by atoms with Crippen LogP contribution in [0.25, 0.3) is 0 Å². The number of carbonyl (C=O) groups excluding carboxylic acids is 1. The quantitative estimate of drug-likeness (QED) is 0.570. The lowest BCUT2D eigenvalue weighted by Crippen LogP contribution is -2.14. The van der Waals surface area contributed by atoms with Crippen molar-refractivity contribution in [1.29, 1.82) is 0 Å². The van der Waals surface area contributed by atoms with Gasteiger partial charge in [-0.15, -0.1) is 0 Å². The third-order valence-corrected chi connectivity index (χ3v) is 3.95. The van der Waals surface area contributed by atoms with Gasteiger partial charge in [0.15, 0.2) is 5.78 Å². The lowest BCUT2D eigenvalue weighted by Gasteiger charge is -2.18. The minimum absolute atomic E-state index is 0.0298. The Morgan fingerprint density at radius 1 is 1.22 bits per heavy atom. The van der Waals surface area contributed by atoms with Crippen LogP contribution < -0.4 is 10.5 Å². The second-order valence-electron chi connectivity index (χ2n) is 6.27. The summed E-state index contributed by atoms with van der Waals surface area (Å²) in [5.41, 5.74) is 4.05. The largest absolute Gasteiger partial charge is 0.506 e. The van der Waals surface area contributed by atoms with E-state index < -0.39 is 52.9 Å². The second kappa shape index (κ2) is 7.96. The molecule has 0 aliphatic carbocycles. The van der Waals surface area contributed by atoms with Crippen LogP contribution in [0.15, 0.2) is 30.3 Å².